The SMILES string of the molecule is CC(C)(C)c1cc(-c2cc(-c3cccc(-c4cc(-c5ccccc5)ccn4)c3)nc(-c3cccc4c3[nH]c3ccccc34)c2)cc(C(C)(C)C)c1. The second kappa shape index (κ2) is 12.5. The molecule has 0 aliphatic carbocycles. The molecule has 8 rings (SSSR count). The van der Waals surface area contributed by atoms with E-state index in [0.29, 0.717) is 0 Å². The van der Waals surface area contributed by atoms with Crippen molar-refractivity contribution >= 4 is 21.8 Å². The van der Waals surface area contributed by atoms with Crippen molar-refractivity contribution in [1.82, 2.24) is 15.0 Å². The van der Waals surface area contributed by atoms with Crippen molar-refractivity contribution in [1.29, 1.82) is 0 Å². The summed E-state index contributed by atoms with van der Waals surface area (Å²) in [6.07, 6.45) is 1.90. The number of aromatic nitrogens is 3. The van der Waals surface area contributed by atoms with Gasteiger partial charge in [-0.05, 0) is 80.6 Å². The summed E-state index contributed by atoms with van der Waals surface area (Å²) < 4.78 is 0. The molecule has 8 aromatic rings. The van der Waals surface area contributed by atoms with Crippen LogP contribution >= 0.6 is 0 Å². The molecule has 3 heteroatoms. The van der Waals surface area contributed by atoms with Crippen LogP contribution in [0.4, 0.5) is 0 Å². The molecule has 250 valence electrons. The number of nitrogens with zero attached hydrogens (tertiary/aromatic N) is 2. The molecule has 0 aliphatic rings. The molecule has 0 bridgehead atoms. The Morgan fingerprint density at radius 3 is 1.76 bits per heavy atom. The van der Waals surface area contributed by atoms with E-state index in [-0.39, 0.29) is 10.8 Å². The van der Waals surface area contributed by atoms with E-state index < -0.39 is 0 Å². The van der Waals surface area contributed by atoms with Gasteiger partial charge < -0.3 is 4.98 Å². The molecule has 0 aliphatic heterocycles. The molecule has 3 nitrogen and oxygen atoms in total. The van der Waals surface area contributed by atoms with Gasteiger partial charge in [-0.3, -0.25) is 4.98 Å². The van der Waals surface area contributed by atoms with Gasteiger partial charge in [0.25, 0.3) is 0 Å². The van der Waals surface area contributed by atoms with Crippen LogP contribution in [-0.2, 0) is 10.8 Å². The van der Waals surface area contributed by atoms with Gasteiger partial charge in [0, 0.05) is 39.2 Å². The first kappa shape index (κ1) is 32.4. The summed E-state index contributed by atoms with van der Waals surface area (Å²) >= 11 is 0. The summed E-state index contributed by atoms with van der Waals surface area (Å²) in [5.74, 6) is 0. The number of aromatic amines is 1. The standard InChI is InChI=1S/C48H43N3/c1-47(2,3)37-25-35(26-38(30-37)48(4,5)6)36-28-44(50-45(29-36)41-20-13-19-40-39-18-10-11-21-42(39)51-46(40)41)34-17-12-16-33(24-34)43-27-32(22-23-49-43)31-14-8-7-9-15-31/h7-30,51H,1-6H3. The molecule has 0 saturated carbocycles. The molecule has 1 N–H and O–H groups in total. The minimum Gasteiger partial charge on any atom is -0.354 e. The van der Waals surface area contributed by atoms with Crippen LogP contribution < -0.4 is 0 Å². The number of H-pyrrole nitrogens is 1. The summed E-state index contributed by atoms with van der Waals surface area (Å²) in [4.78, 5) is 13.9. The maximum atomic E-state index is 5.42. The monoisotopic (exact) mass is 661 g/mol. The summed E-state index contributed by atoms with van der Waals surface area (Å²) in [6, 6.07) is 50.1. The van der Waals surface area contributed by atoms with Gasteiger partial charge in [-0.15, -0.1) is 0 Å². The molecule has 3 heterocycles. The van der Waals surface area contributed by atoms with Crippen LogP contribution in [-0.4, -0.2) is 15.0 Å². The summed E-state index contributed by atoms with van der Waals surface area (Å²) in [5.41, 5.74) is 15.5. The minimum absolute atomic E-state index is 0.000266. The Bertz CT molecular complexity index is 2510. The summed E-state index contributed by atoms with van der Waals surface area (Å²) in [5, 5.41) is 2.42. The van der Waals surface area contributed by atoms with E-state index in [1.54, 1.807) is 0 Å². The fourth-order valence-corrected chi connectivity index (χ4v) is 6.97. The number of rotatable bonds is 5. The Hall–Kier alpha value is -5.80. The quantitative estimate of drug-likeness (QED) is 0.199. The van der Waals surface area contributed by atoms with E-state index in [1.807, 2.05) is 12.3 Å². The third-order valence-electron chi connectivity index (χ3n) is 9.96. The van der Waals surface area contributed by atoms with Gasteiger partial charge >= 0.3 is 0 Å². The Balaban J connectivity index is 1.33. The molecular formula is C48H43N3. The third-order valence-corrected chi connectivity index (χ3v) is 9.96. The Morgan fingerprint density at radius 1 is 0.431 bits per heavy atom. The molecule has 0 fully saturated rings. The van der Waals surface area contributed by atoms with E-state index in [4.69, 9.17) is 9.97 Å². The van der Waals surface area contributed by atoms with Gasteiger partial charge in [0.2, 0.25) is 0 Å². The summed E-state index contributed by atoms with van der Waals surface area (Å²) in [7, 11) is 0. The van der Waals surface area contributed by atoms with Crippen LogP contribution in [0.25, 0.3) is 77.8 Å². The van der Waals surface area contributed by atoms with Crippen LogP contribution in [0.3, 0.4) is 0 Å². The first-order valence-electron chi connectivity index (χ1n) is 17.8. The topological polar surface area (TPSA) is 41.6 Å². The van der Waals surface area contributed by atoms with Crippen LogP contribution in [0.5, 0.6) is 0 Å². The molecular weight excluding hydrogens is 619 g/mol. The number of hydrogen-bond acceptors (Lipinski definition) is 2. The zero-order valence-electron chi connectivity index (χ0n) is 30.3. The lowest BCUT2D eigenvalue weighted by Gasteiger charge is -2.26. The maximum absolute atomic E-state index is 5.42. The molecule has 5 aromatic carbocycles. The van der Waals surface area contributed by atoms with Crippen molar-refractivity contribution in [2.45, 2.75) is 52.4 Å². The van der Waals surface area contributed by atoms with E-state index in [2.05, 4.69) is 180 Å². The second-order valence-electron chi connectivity index (χ2n) is 15.7. The van der Waals surface area contributed by atoms with Gasteiger partial charge in [0.05, 0.1) is 22.6 Å². The number of fused-ring (bicyclic) bond motifs is 3. The summed E-state index contributed by atoms with van der Waals surface area (Å²) in [6.45, 7) is 13.8. The number of nitrogens with one attached hydrogen (secondary N) is 1. The van der Waals surface area contributed by atoms with Gasteiger partial charge in [-0.1, -0.05) is 145 Å². The number of pyridine rings is 2. The fourth-order valence-electron chi connectivity index (χ4n) is 6.97. The van der Waals surface area contributed by atoms with Crippen molar-refractivity contribution in [3.63, 3.8) is 0 Å². The number of para-hydroxylation sites is 2. The predicted octanol–water partition coefficient (Wildman–Crippen LogP) is 13.0. The van der Waals surface area contributed by atoms with E-state index in [9.17, 15) is 0 Å². The van der Waals surface area contributed by atoms with Crippen molar-refractivity contribution < 1.29 is 0 Å². The van der Waals surface area contributed by atoms with Crippen molar-refractivity contribution in [2.24, 2.45) is 0 Å². The Labute approximate surface area is 301 Å². The minimum atomic E-state index is 0.000266. The highest BCUT2D eigenvalue weighted by Gasteiger charge is 2.22. The highest BCUT2D eigenvalue weighted by atomic mass is 14.7. The lowest BCUT2D eigenvalue weighted by molar-refractivity contribution is 0.569. The first-order valence-corrected chi connectivity index (χ1v) is 17.8. The molecule has 0 spiro atoms. The first-order chi connectivity index (χ1) is 24.5. The van der Waals surface area contributed by atoms with Crippen molar-refractivity contribution in [3.8, 4) is 56.0 Å². The lowest BCUT2D eigenvalue weighted by Crippen LogP contribution is -2.16. The molecule has 0 amide bonds. The van der Waals surface area contributed by atoms with Gasteiger partial charge in [-0.25, -0.2) is 4.98 Å². The normalized spacial score (nSPS) is 12.1. The van der Waals surface area contributed by atoms with Gasteiger partial charge in [0.1, 0.15) is 0 Å². The Morgan fingerprint density at radius 2 is 1.02 bits per heavy atom. The zero-order valence-corrected chi connectivity index (χ0v) is 30.3. The molecule has 0 saturated heterocycles. The average molecular weight is 662 g/mol. The lowest BCUT2D eigenvalue weighted by atomic mass is 9.79. The fraction of sp³-hybridized carbons (Fsp3) is 0.167. The van der Waals surface area contributed by atoms with Crippen LogP contribution in [0.1, 0.15) is 52.7 Å². The smallest absolute Gasteiger partial charge is 0.0736 e. The van der Waals surface area contributed by atoms with E-state index >= 15 is 0 Å². The van der Waals surface area contributed by atoms with Crippen molar-refractivity contribution in [2.75, 3.05) is 0 Å². The van der Waals surface area contributed by atoms with E-state index in [0.717, 1.165) is 55.9 Å². The van der Waals surface area contributed by atoms with Crippen LogP contribution in [0.15, 0.2) is 146 Å². The molecule has 3 aromatic heterocycles. The van der Waals surface area contributed by atoms with Crippen LogP contribution in [0.2, 0.25) is 0 Å². The highest BCUT2D eigenvalue weighted by Crippen LogP contribution is 2.39. The average Bonchev–Trinajstić information content (AvgIpc) is 3.53. The van der Waals surface area contributed by atoms with Crippen molar-refractivity contribution in [3.05, 3.63) is 157 Å². The maximum Gasteiger partial charge on any atom is 0.0736 e. The molecule has 0 radical (unpaired) electrons. The largest absolute Gasteiger partial charge is 0.354 e. The highest BCUT2D eigenvalue weighted by molar-refractivity contribution is 6.11. The molecule has 0 unspecified atom stereocenters. The number of benzene rings is 5. The second-order valence-corrected chi connectivity index (χ2v) is 15.7. The third kappa shape index (κ3) is 6.37. The van der Waals surface area contributed by atoms with Gasteiger partial charge in [-0.2, -0.15) is 0 Å². The van der Waals surface area contributed by atoms with E-state index in [1.165, 1.54) is 33.0 Å². The molecule has 51 heavy (non-hydrogen) atoms. The molecule has 0 atom stereocenters. The zero-order chi connectivity index (χ0) is 35.3. The predicted molar refractivity (Wildman–Crippen MR) is 216 cm³/mol. The number of hydrogen-bond donors (Lipinski definition) is 1. The van der Waals surface area contributed by atoms with Crippen LogP contribution in [0, 0.1) is 0 Å². The Kier molecular flexibility index (Phi) is 7.95. The van der Waals surface area contributed by atoms with Gasteiger partial charge in [0.15, 0.2) is 0 Å².